The molecule has 0 aliphatic carbocycles. The number of hydrogen-bond donors (Lipinski definition) is 2. The first-order valence-corrected chi connectivity index (χ1v) is 10.0. The summed E-state index contributed by atoms with van der Waals surface area (Å²) in [5.74, 6) is -1.34. The number of imidazole rings is 1. The highest BCUT2D eigenvalue weighted by atomic mass is 35.5. The minimum atomic E-state index is -0.896. The molecule has 0 radical (unpaired) electrons. The van der Waals surface area contributed by atoms with Crippen molar-refractivity contribution in [3.8, 4) is 5.75 Å². The highest BCUT2D eigenvalue weighted by Gasteiger charge is 2.39. The summed E-state index contributed by atoms with van der Waals surface area (Å²) in [4.78, 5) is 43.9. The molecule has 2 N–H and O–H groups in total. The molecule has 2 aliphatic heterocycles. The molecular formula is C20H18ClN5O5. The molecule has 5 rings (SSSR count). The Kier molecular flexibility index (Phi) is 4.49. The second-order valence-electron chi connectivity index (χ2n) is 7.45. The van der Waals surface area contributed by atoms with Gasteiger partial charge in [0.05, 0.1) is 30.7 Å². The van der Waals surface area contributed by atoms with Crippen molar-refractivity contribution in [2.75, 3.05) is 13.2 Å². The van der Waals surface area contributed by atoms with Gasteiger partial charge in [0.1, 0.15) is 11.4 Å². The number of aromatic hydroxyl groups is 1. The van der Waals surface area contributed by atoms with Gasteiger partial charge in [-0.15, -0.1) is 0 Å². The minimum absolute atomic E-state index is 0.0576. The molecule has 1 aromatic carbocycles. The van der Waals surface area contributed by atoms with E-state index in [4.69, 9.17) is 16.3 Å². The van der Waals surface area contributed by atoms with Crippen molar-refractivity contribution in [3.63, 3.8) is 0 Å². The maximum atomic E-state index is 12.7. The first kappa shape index (κ1) is 19.6. The minimum Gasteiger partial charge on any atom is -0.503 e. The van der Waals surface area contributed by atoms with Crippen LogP contribution in [0.3, 0.4) is 0 Å². The smallest absolute Gasteiger partial charge is 0.276 e. The number of amides is 2. The van der Waals surface area contributed by atoms with Crippen molar-refractivity contribution in [2.24, 2.45) is 7.05 Å². The molecule has 4 heterocycles. The van der Waals surface area contributed by atoms with E-state index in [0.29, 0.717) is 24.0 Å². The molecule has 0 saturated carbocycles. The summed E-state index contributed by atoms with van der Waals surface area (Å²) < 4.78 is 8.71. The maximum Gasteiger partial charge on any atom is 0.276 e. The van der Waals surface area contributed by atoms with Crippen molar-refractivity contribution >= 4 is 34.4 Å². The first-order valence-electron chi connectivity index (χ1n) is 9.63. The second kappa shape index (κ2) is 7.10. The van der Waals surface area contributed by atoms with Crippen molar-refractivity contribution in [2.45, 2.75) is 19.3 Å². The molecule has 160 valence electrons. The standard InChI is InChI=1S/C20H18ClN5O5/c1-24-13-6-10(21)2-3-12(13)23-14(24)7-22-19(29)11-8-25-9-15-26(4-5-31-15)20(30)16(25)18(28)17(11)27/h2-3,6,8,15,28H,4-5,7,9H2,1H3,(H,22,29). The highest BCUT2D eigenvalue weighted by molar-refractivity contribution is 6.31. The molecule has 0 spiro atoms. The highest BCUT2D eigenvalue weighted by Crippen LogP contribution is 2.26. The number of halogens is 1. The summed E-state index contributed by atoms with van der Waals surface area (Å²) in [5.41, 5.74) is 0.246. The Bertz CT molecular complexity index is 1310. The zero-order valence-corrected chi connectivity index (χ0v) is 17.2. The predicted molar refractivity (Wildman–Crippen MR) is 110 cm³/mol. The van der Waals surface area contributed by atoms with Gasteiger partial charge in [0, 0.05) is 24.8 Å². The molecule has 1 fully saturated rings. The van der Waals surface area contributed by atoms with Gasteiger partial charge in [-0.05, 0) is 18.2 Å². The number of carbonyl (C=O) groups excluding carboxylic acids is 2. The lowest BCUT2D eigenvalue weighted by molar-refractivity contribution is 0.00845. The quantitative estimate of drug-likeness (QED) is 0.619. The molecule has 2 aliphatic rings. The zero-order valence-electron chi connectivity index (χ0n) is 16.5. The van der Waals surface area contributed by atoms with Gasteiger partial charge >= 0.3 is 0 Å². The monoisotopic (exact) mass is 443 g/mol. The molecule has 11 heteroatoms. The average molecular weight is 444 g/mol. The summed E-state index contributed by atoms with van der Waals surface area (Å²) in [5, 5.41) is 13.6. The summed E-state index contributed by atoms with van der Waals surface area (Å²) in [7, 11) is 1.80. The van der Waals surface area contributed by atoms with Crippen LogP contribution in [0.1, 0.15) is 26.7 Å². The fourth-order valence-corrected chi connectivity index (χ4v) is 4.18. The van der Waals surface area contributed by atoms with Crippen molar-refractivity contribution in [3.05, 3.63) is 56.7 Å². The predicted octanol–water partition coefficient (Wildman–Crippen LogP) is 0.836. The maximum absolute atomic E-state index is 12.7. The lowest BCUT2D eigenvalue weighted by Gasteiger charge is -2.31. The van der Waals surface area contributed by atoms with Gasteiger partial charge in [0.25, 0.3) is 11.8 Å². The van der Waals surface area contributed by atoms with Crippen LogP contribution in [0.25, 0.3) is 11.0 Å². The number of aryl methyl sites for hydroxylation is 1. The van der Waals surface area contributed by atoms with E-state index in [1.165, 1.54) is 15.7 Å². The fourth-order valence-electron chi connectivity index (χ4n) is 4.01. The van der Waals surface area contributed by atoms with Crippen LogP contribution in [0.15, 0.2) is 29.2 Å². The Morgan fingerprint density at radius 1 is 1.39 bits per heavy atom. The van der Waals surface area contributed by atoms with Crippen LogP contribution in [0, 0.1) is 0 Å². The number of carbonyl (C=O) groups is 2. The van der Waals surface area contributed by atoms with E-state index >= 15 is 0 Å². The van der Waals surface area contributed by atoms with E-state index in [0.717, 1.165) is 11.0 Å². The fraction of sp³-hybridized carbons (Fsp3) is 0.300. The summed E-state index contributed by atoms with van der Waals surface area (Å²) in [6.07, 6.45) is 0.808. The summed E-state index contributed by atoms with van der Waals surface area (Å²) >= 11 is 6.03. The van der Waals surface area contributed by atoms with Crippen LogP contribution < -0.4 is 10.7 Å². The van der Waals surface area contributed by atoms with E-state index in [2.05, 4.69) is 10.3 Å². The Labute approximate surface area is 180 Å². The molecule has 2 amide bonds. The lowest BCUT2D eigenvalue weighted by atomic mass is 10.1. The van der Waals surface area contributed by atoms with E-state index in [1.54, 1.807) is 29.8 Å². The first-order chi connectivity index (χ1) is 14.8. The third-order valence-electron chi connectivity index (χ3n) is 5.65. The van der Waals surface area contributed by atoms with Gasteiger partial charge in [0.15, 0.2) is 17.7 Å². The third kappa shape index (κ3) is 3.06. The van der Waals surface area contributed by atoms with Crippen LogP contribution in [0.5, 0.6) is 5.75 Å². The molecule has 3 aromatic rings. The Balaban J connectivity index is 1.43. The van der Waals surface area contributed by atoms with Gasteiger partial charge in [-0.3, -0.25) is 14.4 Å². The van der Waals surface area contributed by atoms with E-state index in [-0.39, 0.29) is 24.3 Å². The number of nitrogens with one attached hydrogen (secondary N) is 1. The molecule has 10 nitrogen and oxygen atoms in total. The molecule has 31 heavy (non-hydrogen) atoms. The topological polar surface area (TPSA) is 119 Å². The van der Waals surface area contributed by atoms with Crippen molar-refractivity contribution in [1.82, 2.24) is 24.3 Å². The van der Waals surface area contributed by atoms with E-state index in [1.807, 2.05) is 0 Å². The largest absolute Gasteiger partial charge is 0.503 e. The number of aromatic nitrogens is 3. The second-order valence-corrected chi connectivity index (χ2v) is 7.88. The number of benzene rings is 1. The van der Waals surface area contributed by atoms with Crippen LogP contribution in [-0.2, 0) is 24.9 Å². The summed E-state index contributed by atoms with van der Waals surface area (Å²) in [6, 6.07) is 5.28. The zero-order chi connectivity index (χ0) is 21.9. The van der Waals surface area contributed by atoms with Crippen LogP contribution in [-0.4, -0.2) is 55.3 Å². The number of hydrogen-bond acceptors (Lipinski definition) is 6. The van der Waals surface area contributed by atoms with E-state index in [9.17, 15) is 19.5 Å². The number of ether oxygens (including phenoxy) is 1. The van der Waals surface area contributed by atoms with Gasteiger partial charge in [-0.1, -0.05) is 11.6 Å². The number of fused-ring (bicyclic) bond motifs is 3. The molecule has 2 aromatic heterocycles. The third-order valence-corrected chi connectivity index (χ3v) is 5.88. The number of pyridine rings is 1. The van der Waals surface area contributed by atoms with Gasteiger partial charge in [-0.25, -0.2) is 4.98 Å². The lowest BCUT2D eigenvalue weighted by Crippen LogP contribution is -2.46. The molecule has 1 unspecified atom stereocenters. The Hall–Kier alpha value is -3.37. The van der Waals surface area contributed by atoms with Crippen LogP contribution in [0.4, 0.5) is 0 Å². The van der Waals surface area contributed by atoms with Crippen molar-refractivity contribution in [1.29, 1.82) is 0 Å². The molecule has 1 atom stereocenters. The summed E-state index contributed by atoms with van der Waals surface area (Å²) in [6.45, 7) is 1.05. The van der Waals surface area contributed by atoms with Gasteiger partial charge in [0.2, 0.25) is 5.43 Å². The van der Waals surface area contributed by atoms with Crippen molar-refractivity contribution < 1.29 is 19.4 Å². The number of rotatable bonds is 3. The van der Waals surface area contributed by atoms with Crippen LogP contribution in [0.2, 0.25) is 5.02 Å². The SMILES string of the molecule is Cn1c(CNC(=O)c2cn3c(c(O)c2=O)C(=O)N2CCOC2C3)nc2ccc(Cl)cc21. The van der Waals surface area contributed by atoms with Crippen LogP contribution >= 0.6 is 11.6 Å². The molecular weight excluding hydrogens is 426 g/mol. The van der Waals surface area contributed by atoms with Gasteiger partial charge in [-0.2, -0.15) is 0 Å². The Morgan fingerprint density at radius 2 is 2.19 bits per heavy atom. The Morgan fingerprint density at radius 3 is 3.00 bits per heavy atom. The molecule has 1 saturated heterocycles. The van der Waals surface area contributed by atoms with E-state index < -0.39 is 29.2 Å². The van der Waals surface area contributed by atoms with Gasteiger partial charge < -0.3 is 29.2 Å². The normalized spacial score (nSPS) is 17.7. The average Bonchev–Trinajstić information content (AvgIpc) is 3.34. The molecule has 0 bridgehead atoms. The number of nitrogens with zero attached hydrogens (tertiary/aromatic N) is 4.